The Morgan fingerprint density at radius 2 is 1.80 bits per heavy atom. The maximum Gasteiger partial charge on any atom is 0.348 e. The first-order valence-electron chi connectivity index (χ1n) is 16.7. The number of likely N-dealkylation sites (tertiary alicyclic amines) is 1. The maximum atomic E-state index is 13.4. The van der Waals surface area contributed by atoms with Crippen molar-refractivity contribution in [1.29, 1.82) is 0 Å². The van der Waals surface area contributed by atoms with E-state index in [1.54, 1.807) is 37.8 Å². The molecule has 1 aromatic carbocycles. The van der Waals surface area contributed by atoms with Gasteiger partial charge >= 0.3 is 5.69 Å². The molecule has 3 aliphatic heterocycles. The first-order valence-corrected chi connectivity index (χ1v) is 16.7. The highest BCUT2D eigenvalue weighted by Gasteiger charge is 2.40. The van der Waals surface area contributed by atoms with Crippen LogP contribution in [0.25, 0.3) is 0 Å². The maximum absolute atomic E-state index is 13.4. The Balaban J connectivity index is 1.36. The van der Waals surface area contributed by atoms with E-state index in [1.165, 1.54) is 9.47 Å². The van der Waals surface area contributed by atoms with Crippen molar-refractivity contribution in [3.63, 3.8) is 0 Å². The molecular weight excluding hydrogens is 634 g/mol. The highest BCUT2D eigenvalue weighted by atomic mass is 16.5. The highest BCUT2D eigenvalue weighted by molar-refractivity contribution is 5.94. The van der Waals surface area contributed by atoms with E-state index in [0.29, 0.717) is 68.9 Å². The first kappa shape index (κ1) is 35.5. The molecular formula is C34H45N7O8. The summed E-state index contributed by atoms with van der Waals surface area (Å²) in [5.41, 5.74) is 1.12. The third-order valence-electron chi connectivity index (χ3n) is 9.70. The van der Waals surface area contributed by atoms with Crippen molar-refractivity contribution >= 4 is 29.5 Å². The largest absolute Gasteiger partial charge is 0.484 e. The van der Waals surface area contributed by atoms with Crippen LogP contribution in [0.5, 0.6) is 5.75 Å². The Labute approximate surface area is 284 Å². The van der Waals surface area contributed by atoms with Crippen LogP contribution < -0.4 is 26.4 Å². The molecule has 5 rings (SSSR count). The van der Waals surface area contributed by atoms with Crippen LogP contribution in [-0.4, -0.2) is 112 Å². The number of carbonyl (C=O) groups is 5. The van der Waals surface area contributed by atoms with Gasteiger partial charge in [-0.15, -0.1) is 0 Å². The van der Waals surface area contributed by atoms with Crippen LogP contribution in [0.3, 0.4) is 0 Å². The molecule has 0 saturated carbocycles. The van der Waals surface area contributed by atoms with Gasteiger partial charge in [-0.2, -0.15) is 4.98 Å². The molecule has 5 amide bonds. The van der Waals surface area contributed by atoms with Gasteiger partial charge in [0, 0.05) is 37.6 Å². The zero-order valence-corrected chi connectivity index (χ0v) is 28.2. The Kier molecular flexibility index (Phi) is 11.0. The number of hydrogen-bond donors (Lipinski definition) is 4. The number of aliphatic hydroxyl groups is 1. The van der Waals surface area contributed by atoms with Gasteiger partial charge in [-0.05, 0) is 82.1 Å². The fourth-order valence-corrected chi connectivity index (χ4v) is 6.93. The molecule has 2 saturated heterocycles. The number of hydrogen-bond acceptors (Lipinski definition) is 9. The minimum atomic E-state index is -1.25. The van der Waals surface area contributed by atoms with Crippen LogP contribution in [0.15, 0.2) is 35.1 Å². The first-order chi connectivity index (χ1) is 23.4. The van der Waals surface area contributed by atoms with E-state index in [4.69, 9.17) is 4.74 Å². The number of nitrogens with zero attached hydrogens (tertiary/aromatic N) is 4. The predicted molar refractivity (Wildman–Crippen MR) is 176 cm³/mol. The van der Waals surface area contributed by atoms with Crippen molar-refractivity contribution in [1.82, 2.24) is 35.3 Å². The smallest absolute Gasteiger partial charge is 0.348 e. The van der Waals surface area contributed by atoms with Crippen molar-refractivity contribution in [2.24, 2.45) is 5.41 Å². The standard InChI is InChI=1S/C34H45N7O8/c1-21-14-22(2)41(33(48)36-21)17-29(44)39-12-9-34(10-13-39)16-24-6-4-7-25(15-24)49-19-28(43)37-23(3)32(47)40-11-5-8-27(40)31(46)38-26(18-42)30(45)35-20-34/h4,6-7,14-15,23,26-27,42H,5,8-13,16-20H2,1-3H3,(H,35,45)(H,37,43)(H,38,46)/t23-,26?,27-/m0/s1. The van der Waals surface area contributed by atoms with Crippen molar-refractivity contribution < 1.29 is 33.8 Å². The van der Waals surface area contributed by atoms with E-state index in [1.807, 2.05) is 18.2 Å². The van der Waals surface area contributed by atoms with E-state index >= 15 is 0 Å². The van der Waals surface area contributed by atoms with Crippen molar-refractivity contribution in [2.75, 3.05) is 39.4 Å². The molecule has 0 aliphatic carbocycles. The van der Waals surface area contributed by atoms with E-state index < -0.39 is 59.5 Å². The van der Waals surface area contributed by atoms with E-state index in [-0.39, 0.29) is 25.6 Å². The van der Waals surface area contributed by atoms with Gasteiger partial charge in [-0.25, -0.2) is 4.79 Å². The van der Waals surface area contributed by atoms with Gasteiger partial charge in [0.1, 0.15) is 30.4 Å². The molecule has 4 heterocycles. The summed E-state index contributed by atoms with van der Waals surface area (Å²) < 4.78 is 7.14. The fourth-order valence-electron chi connectivity index (χ4n) is 6.93. The minimum Gasteiger partial charge on any atom is -0.484 e. The van der Waals surface area contributed by atoms with Gasteiger partial charge in [-0.1, -0.05) is 12.1 Å². The summed E-state index contributed by atoms with van der Waals surface area (Å²) in [7, 11) is 0. The molecule has 49 heavy (non-hydrogen) atoms. The average Bonchev–Trinajstić information content (AvgIpc) is 3.57. The summed E-state index contributed by atoms with van der Waals surface area (Å²) in [4.78, 5) is 85.5. The van der Waals surface area contributed by atoms with Crippen LogP contribution in [0.4, 0.5) is 0 Å². The summed E-state index contributed by atoms with van der Waals surface area (Å²) >= 11 is 0. The number of ether oxygens (including phenoxy) is 1. The van der Waals surface area contributed by atoms with Gasteiger partial charge in [0.05, 0.1) is 6.61 Å². The number of aliphatic hydroxyl groups excluding tert-OH is 1. The molecule has 15 heteroatoms. The lowest BCUT2D eigenvalue weighted by Crippen LogP contribution is -2.57. The lowest BCUT2D eigenvalue weighted by Gasteiger charge is -2.42. The quantitative estimate of drug-likeness (QED) is 0.321. The van der Waals surface area contributed by atoms with Gasteiger partial charge < -0.3 is 35.6 Å². The molecule has 4 N–H and O–H groups in total. The van der Waals surface area contributed by atoms with Crippen molar-refractivity contribution in [3.8, 4) is 5.75 Å². The number of aromatic nitrogens is 2. The van der Waals surface area contributed by atoms with Gasteiger partial charge in [-0.3, -0.25) is 28.5 Å². The SMILES string of the molecule is Cc1cc(C)n(CC(=O)N2CCC3(CC2)CNC(=O)C(CO)NC(=O)[C@@H]2CCCN2C(=O)[C@H](C)NC(=O)COc2cccc(c2)C3)c(=O)n1. The second-order valence-electron chi connectivity index (χ2n) is 13.3. The Hall–Kier alpha value is -4.79. The van der Waals surface area contributed by atoms with Crippen LogP contribution in [0.1, 0.15) is 49.6 Å². The summed E-state index contributed by atoms with van der Waals surface area (Å²) in [5, 5.41) is 18.3. The number of benzene rings is 1. The van der Waals surface area contributed by atoms with Gasteiger partial charge in [0.25, 0.3) is 5.91 Å². The Bertz CT molecular complexity index is 1650. The molecule has 264 valence electrons. The Morgan fingerprint density at radius 3 is 2.51 bits per heavy atom. The third-order valence-corrected chi connectivity index (χ3v) is 9.70. The van der Waals surface area contributed by atoms with Gasteiger partial charge in [0.2, 0.25) is 23.6 Å². The molecule has 3 aliphatic rings. The van der Waals surface area contributed by atoms with E-state index in [9.17, 15) is 33.9 Å². The number of fused-ring (bicyclic) bond motifs is 3. The molecule has 2 fully saturated rings. The number of nitrogens with one attached hydrogen (secondary N) is 3. The van der Waals surface area contributed by atoms with Crippen molar-refractivity contribution in [3.05, 3.63) is 57.8 Å². The second kappa shape index (κ2) is 15.2. The van der Waals surface area contributed by atoms with E-state index in [0.717, 1.165) is 5.56 Å². The lowest BCUT2D eigenvalue weighted by atomic mass is 9.73. The normalized spacial score (nSPS) is 23.7. The fraction of sp³-hybridized carbons (Fsp3) is 0.559. The molecule has 3 atom stereocenters. The molecule has 1 unspecified atom stereocenters. The summed E-state index contributed by atoms with van der Waals surface area (Å²) in [6.07, 6.45) is 2.47. The lowest BCUT2D eigenvalue weighted by molar-refractivity contribution is -0.142. The number of rotatable bonds is 3. The average molecular weight is 680 g/mol. The van der Waals surface area contributed by atoms with Crippen LogP contribution in [0, 0.1) is 19.3 Å². The monoisotopic (exact) mass is 679 g/mol. The van der Waals surface area contributed by atoms with Crippen LogP contribution in [-0.2, 0) is 36.9 Å². The molecule has 2 aromatic rings. The topological polar surface area (TPSA) is 192 Å². The minimum absolute atomic E-state index is 0.130. The summed E-state index contributed by atoms with van der Waals surface area (Å²) in [6, 6.07) is 6.02. The zero-order valence-electron chi connectivity index (χ0n) is 28.2. The van der Waals surface area contributed by atoms with E-state index in [2.05, 4.69) is 20.9 Å². The second-order valence-corrected chi connectivity index (χ2v) is 13.3. The number of aryl methyl sites for hydroxylation is 2. The molecule has 1 aromatic heterocycles. The highest BCUT2D eigenvalue weighted by Crippen LogP contribution is 2.36. The molecule has 0 radical (unpaired) electrons. The molecule has 2 bridgehead atoms. The zero-order chi connectivity index (χ0) is 35.3. The summed E-state index contributed by atoms with van der Waals surface area (Å²) in [5.74, 6) is -1.81. The molecule has 15 nitrogen and oxygen atoms in total. The van der Waals surface area contributed by atoms with Crippen molar-refractivity contribution in [2.45, 2.75) is 77.5 Å². The predicted octanol–water partition coefficient (Wildman–Crippen LogP) is -0.807. The van der Waals surface area contributed by atoms with Gasteiger partial charge in [0.15, 0.2) is 6.61 Å². The van der Waals surface area contributed by atoms with Crippen LogP contribution in [0.2, 0.25) is 0 Å². The summed E-state index contributed by atoms with van der Waals surface area (Å²) in [6.45, 7) is 5.20. The van der Waals surface area contributed by atoms with Crippen LogP contribution >= 0.6 is 0 Å². The third kappa shape index (κ3) is 8.45. The number of piperidine rings is 1. The number of amides is 5. The number of carbonyl (C=O) groups excluding carboxylic acids is 5. The Morgan fingerprint density at radius 1 is 1.04 bits per heavy atom. The molecule has 1 spiro atoms.